The van der Waals surface area contributed by atoms with Gasteiger partial charge in [-0.05, 0) is 40.8 Å². The van der Waals surface area contributed by atoms with Crippen molar-refractivity contribution in [2.75, 3.05) is 5.73 Å². The number of hydrogen-bond acceptors (Lipinski definition) is 4. The Bertz CT molecular complexity index is 818. The third-order valence-electron chi connectivity index (χ3n) is 2.88. The quantitative estimate of drug-likeness (QED) is 0.739. The molecular formula is C13H8ClF2N5. The first-order valence-electron chi connectivity index (χ1n) is 5.86. The Hall–Kier alpha value is -2.54. The zero-order valence-electron chi connectivity index (χ0n) is 10.5. The SMILES string of the molecule is Nc1cc(-c2nnnn2-c2cccc(Cl)c2F)ccc1F. The first kappa shape index (κ1) is 13.4. The minimum atomic E-state index is -0.650. The van der Waals surface area contributed by atoms with E-state index >= 15 is 0 Å². The maximum absolute atomic E-state index is 14.1. The normalized spacial score (nSPS) is 10.8. The van der Waals surface area contributed by atoms with E-state index in [-0.39, 0.29) is 22.2 Å². The summed E-state index contributed by atoms with van der Waals surface area (Å²) in [4.78, 5) is 0. The van der Waals surface area contributed by atoms with Crippen LogP contribution in [-0.2, 0) is 0 Å². The van der Waals surface area contributed by atoms with Gasteiger partial charge in [0.15, 0.2) is 11.6 Å². The summed E-state index contributed by atoms with van der Waals surface area (Å²) in [6.07, 6.45) is 0. The molecule has 3 aromatic rings. The third-order valence-corrected chi connectivity index (χ3v) is 3.18. The summed E-state index contributed by atoms with van der Waals surface area (Å²) >= 11 is 5.75. The Morgan fingerprint density at radius 1 is 1.14 bits per heavy atom. The van der Waals surface area contributed by atoms with E-state index in [0.29, 0.717) is 5.56 Å². The second kappa shape index (κ2) is 5.10. The van der Waals surface area contributed by atoms with Gasteiger partial charge in [-0.3, -0.25) is 0 Å². The molecule has 0 atom stereocenters. The van der Waals surface area contributed by atoms with Crippen molar-refractivity contribution in [3.63, 3.8) is 0 Å². The van der Waals surface area contributed by atoms with Gasteiger partial charge in [-0.15, -0.1) is 5.10 Å². The summed E-state index contributed by atoms with van der Waals surface area (Å²) in [5.74, 6) is -0.975. The van der Waals surface area contributed by atoms with Crippen LogP contribution in [0.25, 0.3) is 17.1 Å². The summed E-state index contributed by atoms with van der Waals surface area (Å²) in [6, 6.07) is 8.49. The molecule has 0 aliphatic heterocycles. The predicted molar refractivity (Wildman–Crippen MR) is 73.9 cm³/mol. The Labute approximate surface area is 123 Å². The monoisotopic (exact) mass is 307 g/mol. The number of nitrogen functional groups attached to an aromatic ring is 1. The molecule has 3 rings (SSSR count). The number of halogens is 3. The lowest BCUT2D eigenvalue weighted by Gasteiger charge is -2.07. The molecule has 0 amide bonds. The smallest absolute Gasteiger partial charge is 0.187 e. The minimum Gasteiger partial charge on any atom is -0.396 e. The highest BCUT2D eigenvalue weighted by atomic mass is 35.5. The van der Waals surface area contributed by atoms with Gasteiger partial charge in [0.05, 0.1) is 10.7 Å². The maximum Gasteiger partial charge on any atom is 0.187 e. The largest absolute Gasteiger partial charge is 0.396 e. The highest BCUT2D eigenvalue weighted by molar-refractivity contribution is 6.30. The van der Waals surface area contributed by atoms with Crippen LogP contribution < -0.4 is 5.73 Å². The molecule has 1 aromatic heterocycles. The van der Waals surface area contributed by atoms with Crippen LogP contribution >= 0.6 is 11.6 Å². The molecule has 0 fully saturated rings. The fourth-order valence-electron chi connectivity index (χ4n) is 1.87. The zero-order valence-corrected chi connectivity index (χ0v) is 11.2. The van der Waals surface area contributed by atoms with Crippen molar-refractivity contribution in [3.8, 4) is 17.1 Å². The lowest BCUT2D eigenvalue weighted by Crippen LogP contribution is -2.03. The molecule has 2 aromatic carbocycles. The van der Waals surface area contributed by atoms with Gasteiger partial charge in [-0.1, -0.05) is 17.7 Å². The molecule has 0 saturated carbocycles. The van der Waals surface area contributed by atoms with Gasteiger partial charge in [0.2, 0.25) is 0 Å². The molecule has 0 aliphatic carbocycles. The predicted octanol–water partition coefficient (Wildman–Crippen LogP) is 2.84. The second-order valence-corrected chi connectivity index (χ2v) is 4.63. The van der Waals surface area contributed by atoms with E-state index in [9.17, 15) is 8.78 Å². The standard InChI is InChI=1S/C13H8ClF2N5/c14-8-2-1-3-11(12(8)16)21-13(18-19-20-21)7-4-5-9(15)10(17)6-7/h1-6H,17H2. The van der Waals surface area contributed by atoms with Gasteiger partial charge in [-0.2, -0.15) is 4.68 Å². The van der Waals surface area contributed by atoms with E-state index < -0.39 is 11.6 Å². The van der Waals surface area contributed by atoms with Crippen LogP contribution in [0.1, 0.15) is 0 Å². The number of benzene rings is 2. The van der Waals surface area contributed by atoms with E-state index in [0.717, 1.165) is 0 Å². The van der Waals surface area contributed by atoms with Crippen LogP contribution in [0.3, 0.4) is 0 Å². The molecule has 1 heterocycles. The van der Waals surface area contributed by atoms with E-state index in [2.05, 4.69) is 15.5 Å². The van der Waals surface area contributed by atoms with Crippen molar-refractivity contribution in [2.24, 2.45) is 0 Å². The van der Waals surface area contributed by atoms with Crippen molar-refractivity contribution in [1.82, 2.24) is 20.2 Å². The summed E-state index contributed by atoms with van der Waals surface area (Å²) < 4.78 is 28.5. The molecule has 21 heavy (non-hydrogen) atoms. The fraction of sp³-hybridized carbons (Fsp3) is 0. The van der Waals surface area contributed by atoms with Crippen LogP contribution in [0.4, 0.5) is 14.5 Å². The number of tetrazole rings is 1. The Morgan fingerprint density at radius 3 is 2.71 bits per heavy atom. The average Bonchev–Trinajstić information content (AvgIpc) is 2.94. The molecule has 106 valence electrons. The average molecular weight is 308 g/mol. The minimum absolute atomic E-state index is 0.0476. The van der Waals surface area contributed by atoms with Crippen molar-refractivity contribution in [1.29, 1.82) is 0 Å². The Kier molecular flexibility index (Phi) is 3.26. The lowest BCUT2D eigenvalue weighted by molar-refractivity contribution is 0.608. The highest BCUT2D eigenvalue weighted by Crippen LogP contribution is 2.26. The first-order chi connectivity index (χ1) is 10.1. The molecule has 0 spiro atoms. The number of anilines is 1. The zero-order chi connectivity index (χ0) is 15.0. The second-order valence-electron chi connectivity index (χ2n) is 4.22. The molecule has 8 heteroatoms. The number of nitrogens with two attached hydrogens (primary N) is 1. The van der Waals surface area contributed by atoms with Crippen LogP contribution in [0.2, 0.25) is 5.02 Å². The summed E-state index contributed by atoms with van der Waals surface area (Å²) in [5, 5.41) is 11.0. The maximum atomic E-state index is 14.1. The van der Waals surface area contributed by atoms with Gasteiger partial charge in [0, 0.05) is 5.56 Å². The highest BCUT2D eigenvalue weighted by Gasteiger charge is 2.16. The number of aromatic nitrogens is 4. The van der Waals surface area contributed by atoms with Gasteiger partial charge < -0.3 is 5.73 Å². The Balaban J connectivity index is 2.17. The molecule has 0 bridgehead atoms. The lowest BCUT2D eigenvalue weighted by atomic mass is 10.2. The van der Waals surface area contributed by atoms with Crippen LogP contribution in [0.5, 0.6) is 0 Å². The molecule has 5 nitrogen and oxygen atoms in total. The van der Waals surface area contributed by atoms with Gasteiger partial charge in [0.1, 0.15) is 11.5 Å². The molecule has 0 radical (unpaired) electrons. The number of hydrogen-bond donors (Lipinski definition) is 1. The van der Waals surface area contributed by atoms with Crippen LogP contribution in [0, 0.1) is 11.6 Å². The fourth-order valence-corrected chi connectivity index (χ4v) is 2.04. The first-order valence-corrected chi connectivity index (χ1v) is 6.24. The molecular weight excluding hydrogens is 300 g/mol. The van der Waals surface area contributed by atoms with Crippen molar-refractivity contribution in [2.45, 2.75) is 0 Å². The molecule has 0 unspecified atom stereocenters. The van der Waals surface area contributed by atoms with E-state index in [4.69, 9.17) is 17.3 Å². The summed E-state index contributed by atoms with van der Waals surface area (Å²) in [7, 11) is 0. The van der Waals surface area contributed by atoms with Crippen molar-refractivity contribution in [3.05, 3.63) is 53.1 Å². The van der Waals surface area contributed by atoms with E-state index in [1.54, 1.807) is 6.07 Å². The van der Waals surface area contributed by atoms with E-state index in [1.807, 2.05) is 0 Å². The van der Waals surface area contributed by atoms with Crippen molar-refractivity contribution >= 4 is 17.3 Å². The van der Waals surface area contributed by atoms with E-state index in [1.165, 1.54) is 35.0 Å². The Morgan fingerprint density at radius 2 is 1.95 bits per heavy atom. The molecule has 2 N–H and O–H groups in total. The molecule has 0 saturated heterocycles. The van der Waals surface area contributed by atoms with Crippen molar-refractivity contribution < 1.29 is 8.78 Å². The topological polar surface area (TPSA) is 69.6 Å². The summed E-state index contributed by atoms with van der Waals surface area (Å²) in [5.41, 5.74) is 6.02. The van der Waals surface area contributed by atoms with Gasteiger partial charge in [-0.25, -0.2) is 8.78 Å². The van der Waals surface area contributed by atoms with Crippen LogP contribution in [-0.4, -0.2) is 20.2 Å². The third kappa shape index (κ3) is 2.31. The summed E-state index contributed by atoms with van der Waals surface area (Å²) in [6.45, 7) is 0. The van der Waals surface area contributed by atoms with Gasteiger partial charge in [0.25, 0.3) is 0 Å². The number of rotatable bonds is 2. The number of nitrogens with zero attached hydrogens (tertiary/aromatic N) is 4. The molecule has 0 aliphatic rings. The van der Waals surface area contributed by atoms with Gasteiger partial charge >= 0.3 is 0 Å². The van der Waals surface area contributed by atoms with Crippen LogP contribution in [0.15, 0.2) is 36.4 Å².